The molecule has 1 heterocycles. The van der Waals surface area contributed by atoms with Gasteiger partial charge in [0.25, 0.3) is 5.91 Å². The molecule has 1 aromatic rings. The fourth-order valence-corrected chi connectivity index (χ4v) is 5.30. The lowest BCUT2D eigenvalue weighted by molar-refractivity contribution is -0.148. The zero-order valence-electron chi connectivity index (χ0n) is 19.6. The SMILES string of the molecule is O=C(NCC1[C@H]2CNC[C@@H]12)C(O)(c1ccccc1)C1CCC(F)(F)C1.O=C(O)CCCCC(=O)O. The van der Waals surface area contributed by atoms with Gasteiger partial charge in [-0.05, 0) is 55.7 Å². The van der Waals surface area contributed by atoms with Gasteiger partial charge in [0.15, 0.2) is 5.60 Å². The fraction of sp³-hybridized carbons (Fsp3) is 0.640. The fourth-order valence-electron chi connectivity index (χ4n) is 5.30. The summed E-state index contributed by atoms with van der Waals surface area (Å²) in [5.74, 6) is -4.23. The monoisotopic (exact) mass is 496 g/mol. The van der Waals surface area contributed by atoms with Crippen LogP contribution in [0.1, 0.15) is 50.5 Å². The van der Waals surface area contributed by atoms with Crippen molar-refractivity contribution < 1.29 is 38.5 Å². The largest absolute Gasteiger partial charge is 0.481 e. The second kappa shape index (κ2) is 11.4. The number of piperidine rings is 1. The Kier molecular flexibility index (Phi) is 8.82. The van der Waals surface area contributed by atoms with Gasteiger partial charge in [-0.15, -0.1) is 0 Å². The van der Waals surface area contributed by atoms with Crippen LogP contribution in [0, 0.1) is 23.7 Å². The van der Waals surface area contributed by atoms with Crippen LogP contribution in [-0.4, -0.2) is 58.7 Å². The van der Waals surface area contributed by atoms with Gasteiger partial charge < -0.3 is 26.0 Å². The number of fused-ring (bicyclic) bond motifs is 1. The number of hydrogen-bond acceptors (Lipinski definition) is 5. The van der Waals surface area contributed by atoms with Crippen LogP contribution in [0.4, 0.5) is 8.78 Å². The standard InChI is InChI=1S/C19H24F2N2O2.C6H10O4/c20-18(21)7-6-13(8-18)19(25,12-4-2-1-3-5-12)17(24)23-11-16-14-9-22-10-15(14)16;7-5(8)3-1-2-4-6(9)10/h1-5,13-16,22,25H,6-11H2,(H,23,24);1-4H2,(H,7,8)(H,9,10)/t13?,14-,15+,16?,19?;. The van der Waals surface area contributed by atoms with Crippen LogP contribution >= 0.6 is 0 Å². The molecule has 35 heavy (non-hydrogen) atoms. The number of unbranched alkanes of at least 4 members (excludes halogenated alkanes) is 1. The first-order valence-corrected chi connectivity index (χ1v) is 12.1. The van der Waals surface area contributed by atoms with E-state index in [1.54, 1.807) is 30.3 Å². The summed E-state index contributed by atoms with van der Waals surface area (Å²) in [6.07, 6.45) is 0.428. The molecule has 1 saturated heterocycles. The molecule has 1 aliphatic heterocycles. The van der Waals surface area contributed by atoms with Crippen LogP contribution < -0.4 is 10.6 Å². The molecule has 0 spiro atoms. The smallest absolute Gasteiger partial charge is 0.303 e. The van der Waals surface area contributed by atoms with E-state index in [0.29, 0.717) is 42.7 Å². The van der Waals surface area contributed by atoms with Crippen LogP contribution in [0.3, 0.4) is 0 Å². The quantitative estimate of drug-likeness (QED) is 0.314. The molecule has 3 fully saturated rings. The predicted molar refractivity (Wildman–Crippen MR) is 123 cm³/mol. The number of aliphatic carboxylic acids is 2. The summed E-state index contributed by atoms with van der Waals surface area (Å²) in [4.78, 5) is 32.7. The van der Waals surface area contributed by atoms with Gasteiger partial charge in [-0.1, -0.05) is 30.3 Å². The second-order valence-electron chi connectivity index (χ2n) is 9.78. The summed E-state index contributed by atoms with van der Waals surface area (Å²) in [6, 6.07) is 8.51. The summed E-state index contributed by atoms with van der Waals surface area (Å²) in [7, 11) is 0. The van der Waals surface area contributed by atoms with E-state index < -0.39 is 41.7 Å². The maximum absolute atomic E-state index is 13.7. The number of halogens is 2. The van der Waals surface area contributed by atoms with Crippen molar-refractivity contribution in [3.8, 4) is 0 Å². The molecule has 0 radical (unpaired) electrons. The third kappa shape index (κ3) is 6.98. The Bertz CT molecular complexity index is 873. The van der Waals surface area contributed by atoms with E-state index in [9.17, 15) is 28.3 Å². The predicted octanol–water partition coefficient (Wildman–Crippen LogP) is 2.61. The lowest BCUT2D eigenvalue weighted by Crippen LogP contribution is -2.50. The third-order valence-electron chi connectivity index (χ3n) is 7.35. The Labute approximate surface area is 203 Å². The molecule has 10 heteroatoms. The van der Waals surface area contributed by atoms with E-state index >= 15 is 0 Å². The molecule has 4 rings (SSSR count). The molecular weight excluding hydrogens is 462 g/mol. The number of benzene rings is 1. The average molecular weight is 497 g/mol. The molecule has 3 aliphatic rings. The normalized spacial score (nSPS) is 27.6. The van der Waals surface area contributed by atoms with Gasteiger partial charge in [0.1, 0.15) is 0 Å². The second-order valence-corrected chi connectivity index (χ2v) is 9.78. The molecule has 0 aromatic heterocycles. The number of amides is 1. The maximum Gasteiger partial charge on any atom is 0.303 e. The highest BCUT2D eigenvalue weighted by Crippen LogP contribution is 2.49. The van der Waals surface area contributed by atoms with E-state index in [1.807, 2.05) is 0 Å². The minimum Gasteiger partial charge on any atom is -0.481 e. The molecule has 0 bridgehead atoms. The minimum absolute atomic E-state index is 0.0628. The number of carboxylic acids is 2. The first-order valence-electron chi connectivity index (χ1n) is 12.1. The van der Waals surface area contributed by atoms with Gasteiger partial charge in [-0.2, -0.15) is 0 Å². The van der Waals surface area contributed by atoms with Crippen LogP contribution in [0.5, 0.6) is 0 Å². The maximum atomic E-state index is 13.7. The van der Waals surface area contributed by atoms with Gasteiger partial charge in [-0.25, -0.2) is 8.78 Å². The van der Waals surface area contributed by atoms with Gasteiger partial charge in [0, 0.05) is 38.1 Å². The zero-order chi connectivity index (χ0) is 25.6. The van der Waals surface area contributed by atoms with Crippen molar-refractivity contribution in [1.82, 2.24) is 10.6 Å². The van der Waals surface area contributed by atoms with Crippen molar-refractivity contribution in [2.45, 2.75) is 56.5 Å². The van der Waals surface area contributed by atoms with Crippen LogP contribution in [-0.2, 0) is 20.0 Å². The van der Waals surface area contributed by atoms with Crippen molar-refractivity contribution in [3.05, 3.63) is 35.9 Å². The molecule has 8 nitrogen and oxygen atoms in total. The zero-order valence-corrected chi connectivity index (χ0v) is 19.6. The summed E-state index contributed by atoms with van der Waals surface area (Å²) >= 11 is 0. The highest BCUT2D eigenvalue weighted by molar-refractivity contribution is 5.86. The molecule has 5 atom stereocenters. The van der Waals surface area contributed by atoms with E-state index in [0.717, 1.165) is 13.1 Å². The first kappa shape index (κ1) is 27.0. The molecule has 5 N–H and O–H groups in total. The van der Waals surface area contributed by atoms with E-state index in [4.69, 9.17) is 10.2 Å². The van der Waals surface area contributed by atoms with Crippen molar-refractivity contribution in [1.29, 1.82) is 0 Å². The first-order chi connectivity index (χ1) is 16.5. The molecule has 1 amide bonds. The molecule has 1 aromatic carbocycles. The summed E-state index contributed by atoms with van der Waals surface area (Å²) < 4.78 is 27.5. The van der Waals surface area contributed by atoms with E-state index in [-0.39, 0.29) is 25.7 Å². The summed E-state index contributed by atoms with van der Waals surface area (Å²) in [5, 5.41) is 33.7. The topological polar surface area (TPSA) is 136 Å². The van der Waals surface area contributed by atoms with Gasteiger partial charge in [0.05, 0.1) is 0 Å². The minimum atomic E-state index is -2.81. The summed E-state index contributed by atoms with van der Waals surface area (Å²) in [5.41, 5.74) is -1.50. The van der Waals surface area contributed by atoms with Crippen molar-refractivity contribution in [2.24, 2.45) is 23.7 Å². The number of carbonyl (C=O) groups excluding carboxylic acids is 1. The number of rotatable bonds is 10. The third-order valence-corrected chi connectivity index (χ3v) is 7.35. The Morgan fingerprint density at radius 3 is 2.09 bits per heavy atom. The number of nitrogens with one attached hydrogen (secondary N) is 2. The number of alkyl halides is 2. The molecule has 3 unspecified atom stereocenters. The Morgan fingerprint density at radius 1 is 1.03 bits per heavy atom. The number of carbonyl (C=O) groups is 3. The molecule has 194 valence electrons. The average Bonchev–Trinajstić information content (AvgIpc) is 3.12. The van der Waals surface area contributed by atoms with Crippen molar-refractivity contribution in [3.63, 3.8) is 0 Å². The van der Waals surface area contributed by atoms with Gasteiger partial charge in [-0.3, -0.25) is 14.4 Å². The number of hydrogen-bond donors (Lipinski definition) is 5. The Morgan fingerprint density at radius 2 is 1.60 bits per heavy atom. The van der Waals surface area contributed by atoms with Gasteiger partial charge in [0.2, 0.25) is 5.92 Å². The molecular formula is C25H34F2N2O6. The molecule has 2 saturated carbocycles. The summed E-state index contributed by atoms with van der Waals surface area (Å²) in [6.45, 7) is 2.46. The highest BCUT2D eigenvalue weighted by atomic mass is 19.3. The number of carboxylic acid groups (broad SMARTS) is 2. The van der Waals surface area contributed by atoms with Crippen LogP contribution in [0.25, 0.3) is 0 Å². The Balaban J connectivity index is 0.000000292. The van der Waals surface area contributed by atoms with Crippen LogP contribution in [0.2, 0.25) is 0 Å². The lowest BCUT2D eigenvalue weighted by Gasteiger charge is -2.33. The van der Waals surface area contributed by atoms with Crippen LogP contribution in [0.15, 0.2) is 30.3 Å². The van der Waals surface area contributed by atoms with E-state index in [2.05, 4.69) is 10.6 Å². The van der Waals surface area contributed by atoms with E-state index in [1.165, 1.54) is 0 Å². The van der Waals surface area contributed by atoms with Crippen molar-refractivity contribution in [2.75, 3.05) is 19.6 Å². The highest BCUT2D eigenvalue weighted by Gasteiger charge is 2.55. The molecule has 2 aliphatic carbocycles. The Hall–Kier alpha value is -2.59. The number of aliphatic hydroxyl groups is 1. The van der Waals surface area contributed by atoms with Gasteiger partial charge >= 0.3 is 11.9 Å². The lowest BCUT2D eigenvalue weighted by atomic mass is 9.79. The van der Waals surface area contributed by atoms with Crippen molar-refractivity contribution >= 4 is 17.8 Å².